The molecule has 1 aromatic carbocycles. The lowest BCUT2D eigenvalue weighted by Crippen LogP contribution is -2.35. The third kappa shape index (κ3) is 3.40. The molecule has 0 spiro atoms. The van der Waals surface area contributed by atoms with Crippen LogP contribution >= 0.6 is 27.5 Å². The molecule has 0 saturated carbocycles. The van der Waals surface area contributed by atoms with Crippen molar-refractivity contribution in [1.82, 2.24) is 0 Å². The Morgan fingerprint density at radius 1 is 1.59 bits per heavy atom. The van der Waals surface area contributed by atoms with Gasteiger partial charge in [0.1, 0.15) is 6.10 Å². The van der Waals surface area contributed by atoms with Crippen LogP contribution in [-0.2, 0) is 9.53 Å². The molecule has 1 N–H and O–H groups in total. The number of aliphatic hydroxyl groups is 1. The Balaban J connectivity index is 2.91. The van der Waals surface area contributed by atoms with Crippen molar-refractivity contribution in [3.05, 3.63) is 34.9 Å². The molecular formula is C11H11BrClFO3. The van der Waals surface area contributed by atoms with Gasteiger partial charge in [0, 0.05) is 5.02 Å². The first kappa shape index (κ1) is 14.4. The molecule has 0 radical (unpaired) electrons. The van der Waals surface area contributed by atoms with Crippen LogP contribution in [0.1, 0.15) is 18.6 Å². The number of alkyl halides is 2. The monoisotopic (exact) mass is 324 g/mol. The number of hydrogen-bond donors (Lipinski definition) is 1. The zero-order valence-electron chi connectivity index (χ0n) is 8.99. The smallest absolute Gasteiger partial charge is 0.358 e. The highest BCUT2D eigenvalue weighted by Gasteiger charge is 2.45. The summed E-state index contributed by atoms with van der Waals surface area (Å²) in [5.41, 5.74) is 0.224. The predicted octanol–water partition coefficient (Wildman–Crippen LogP) is 3.00. The summed E-state index contributed by atoms with van der Waals surface area (Å²) in [6, 6.07) is 5.85. The average molecular weight is 326 g/mol. The van der Waals surface area contributed by atoms with Crippen molar-refractivity contribution >= 4 is 33.5 Å². The van der Waals surface area contributed by atoms with E-state index in [1.54, 1.807) is 6.92 Å². The number of ether oxygens (including phenoxy) is 1. The number of esters is 1. The summed E-state index contributed by atoms with van der Waals surface area (Å²) in [4.78, 5) is 11.3. The Bertz CT molecular complexity index is 394. The Morgan fingerprint density at radius 3 is 2.59 bits per heavy atom. The summed E-state index contributed by atoms with van der Waals surface area (Å²) < 4.78 is 15.9. The van der Waals surface area contributed by atoms with E-state index in [1.165, 1.54) is 24.3 Å². The highest BCUT2D eigenvalue weighted by molar-refractivity contribution is 9.10. The maximum absolute atomic E-state index is 14.0. The van der Waals surface area contributed by atoms with E-state index in [1.807, 2.05) is 0 Å². The Hall–Kier alpha value is -0.650. The quantitative estimate of drug-likeness (QED) is 0.684. The van der Waals surface area contributed by atoms with E-state index in [-0.39, 0.29) is 12.2 Å². The van der Waals surface area contributed by atoms with E-state index in [0.717, 1.165) is 0 Å². The zero-order valence-corrected chi connectivity index (χ0v) is 11.3. The lowest BCUT2D eigenvalue weighted by atomic mass is 10.1. The van der Waals surface area contributed by atoms with Gasteiger partial charge in [-0.3, -0.25) is 0 Å². The first-order chi connectivity index (χ1) is 7.89. The van der Waals surface area contributed by atoms with Crippen LogP contribution in [0, 0.1) is 0 Å². The molecule has 0 bridgehead atoms. The summed E-state index contributed by atoms with van der Waals surface area (Å²) in [6.07, 6.45) is -1.67. The van der Waals surface area contributed by atoms with Gasteiger partial charge in [0.2, 0.25) is 0 Å². The molecule has 0 aliphatic rings. The highest BCUT2D eigenvalue weighted by atomic mass is 79.9. The van der Waals surface area contributed by atoms with Crippen molar-refractivity contribution in [3.8, 4) is 0 Å². The molecule has 0 aromatic heterocycles. The lowest BCUT2D eigenvalue weighted by Gasteiger charge is -2.22. The maximum Gasteiger partial charge on any atom is 0.358 e. The number of rotatable bonds is 4. The normalized spacial score (nSPS) is 16.1. The number of aliphatic hydroxyl groups excluding tert-OH is 1. The summed E-state index contributed by atoms with van der Waals surface area (Å²) in [5, 5.41) is 10.2. The minimum absolute atomic E-state index is 0.0312. The molecule has 2 atom stereocenters. The van der Waals surface area contributed by atoms with Gasteiger partial charge in [0.15, 0.2) is 0 Å². The van der Waals surface area contributed by atoms with Gasteiger partial charge in [0.05, 0.1) is 6.61 Å². The van der Waals surface area contributed by atoms with Crippen LogP contribution in [0.25, 0.3) is 0 Å². The summed E-state index contributed by atoms with van der Waals surface area (Å²) in [5.74, 6) is -1.16. The Morgan fingerprint density at radius 2 is 2.12 bits per heavy atom. The first-order valence-corrected chi connectivity index (χ1v) is 6.05. The Labute approximate surface area is 112 Å². The SMILES string of the molecule is CCOC(=O)[C@](F)(Br)[C@H](O)c1ccc(Cl)cc1. The Kier molecular flexibility index (Phi) is 4.91. The van der Waals surface area contributed by atoms with Crippen molar-refractivity contribution in [1.29, 1.82) is 0 Å². The third-order valence-corrected chi connectivity index (χ3v) is 3.09. The topological polar surface area (TPSA) is 46.5 Å². The molecular weight excluding hydrogens is 314 g/mol. The maximum atomic E-state index is 14.0. The predicted molar refractivity (Wildman–Crippen MR) is 65.8 cm³/mol. The van der Waals surface area contributed by atoms with Crippen molar-refractivity contribution in [2.24, 2.45) is 0 Å². The van der Waals surface area contributed by atoms with Crippen molar-refractivity contribution in [3.63, 3.8) is 0 Å². The van der Waals surface area contributed by atoms with Crippen LogP contribution in [0.2, 0.25) is 5.02 Å². The van der Waals surface area contributed by atoms with Gasteiger partial charge in [0.25, 0.3) is 4.58 Å². The minimum Gasteiger partial charge on any atom is -0.463 e. The second-order valence-electron chi connectivity index (χ2n) is 3.30. The van der Waals surface area contributed by atoms with Gasteiger partial charge in [-0.05, 0) is 40.5 Å². The molecule has 17 heavy (non-hydrogen) atoms. The van der Waals surface area contributed by atoms with Gasteiger partial charge < -0.3 is 9.84 Å². The first-order valence-electron chi connectivity index (χ1n) is 4.88. The molecule has 6 heteroatoms. The molecule has 0 amide bonds. The fraction of sp³-hybridized carbons (Fsp3) is 0.364. The second-order valence-corrected chi connectivity index (χ2v) is 4.89. The van der Waals surface area contributed by atoms with Crippen molar-refractivity contribution in [2.75, 3.05) is 6.61 Å². The van der Waals surface area contributed by atoms with E-state index in [2.05, 4.69) is 20.7 Å². The summed E-state index contributed by atoms with van der Waals surface area (Å²) >= 11 is 8.21. The van der Waals surface area contributed by atoms with E-state index < -0.39 is 16.7 Å². The van der Waals surface area contributed by atoms with Gasteiger partial charge in [-0.1, -0.05) is 23.7 Å². The average Bonchev–Trinajstić information content (AvgIpc) is 2.29. The molecule has 94 valence electrons. The van der Waals surface area contributed by atoms with Crippen molar-refractivity contribution < 1.29 is 19.0 Å². The third-order valence-electron chi connectivity index (χ3n) is 2.08. The van der Waals surface area contributed by atoms with Gasteiger partial charge in [-0.25, -0.2) is 9.18 Å². The van der Waals surface area contributed by atoms with Gasteiger partial charge in [-0.2, -0.15) is 0 Å². The fourth-order valence-electron chi connectivity index (χ4n) is 1.19. The van der Waals surface area contributed by atoms with Crippen LogP contribution in [0.5, 0.6) is 0 Å². The zero-order chi connectivity index (χ0) is 13.1. The molecule has 3 nitrogen and oxygen atoms in total. The number of halogens is 3. The second kappa shape index (κ2) is 5.80. The molecule has 0 fully saturated rings. The molecule has 0 aliphatic heterocycles. The van der Waals surface area contributed by atoms with E-state index >= 15 is 0 Å². The number of carbonyl (C=O) groups is 1. The number of hydrogen-bond acceptors (Lipinski definition) is 3. The molecule has 0 aliphatic carbocycles. The van der Waals surface area contributed by atoms with Gasteiger partial charge in [-0.15, -0.1) is 0 Å². The van der Waals surface area contributed by atoms with Crippen LogP contribution in [0.3, 0.4) is 0 Å². The van der Waals surface area contributed by atoms with Gasteiger partial charge >= 0.3 is 5.97 Å². The largest absolute Gasteiger partial charge is 0.463 e. The fourth-order valence-corrected chi connectivity index (χ4v) is 1.70. The minimum atomic E-state index is -2.67. The van der Waals surface area contributed by atoms with Crippen LogP contribution < -0.4 is 0 Å². The number of benzene rings is 1. The molecule has 0 saturated heterocycles. The van der Waals surface area contributed by atoms with E-state index in [0.29, 0.717) is 5.02 Å². The van der Waals surface area contributed by atoms with Crippen LogP contribution in [0.15, 0.2) is 24.3 Å². The van der Waals surface area contributed by atoms with E-state index in [9.17, 15) is 14.3 Å². The number of carbonyl (C=O) groups excluding carboxylic acids is 1. The lowest BCUT2D eigenvalue weighted by molar-refractivity contribution is -0.156. The van der Waals surface area contributed by atoms with Crippen LogP contribution in [0.4, 0.5) is 4.39 Å². The highest BCUT2D eigenvalue weighted by Crippen LogP contribution is 2.36. The standard InChI is InChI=1S/C11H11BrClFO3/c1-2-17-10(16)11(12,14)9(15)7-3-5-8(13)6-4-7/h3-6,9,15H,2H2,1H3/t9-,11+/m1/s1. The molecule has 1 rings (SSSR count). The van der Waals surface area contributed by atoms with Crippen molar-refractivity contribution in [2.45, 2.75) is 17.6 Å². The molecule has 1 aromatic rings. The van der Waals surface area contributed by atoms with Crippen LogP contribution in [-0.4, -0.2) is 22.3 Å². The summed E-state index contributed by atoms with van der Waals surface area (Å²) in [6.45, 7) is 1.58. The molecule has 0 unspecified atom stereocenters. The summed E-state index contributed by atoms with van der Waals surface area (Å²) in [7, 11) is 0. The van der Waals surface area contributed by atoms with E-state index in [4.69, 9.17) is 11.6 Å². The molecule has 0 heterocycles.